The Morgan fingerprint density at radius 2 is 2.50 bits per heavy atom. The van der Waals surface area contributed by atoms with Crippen LogP contribution in [0.15, 0.2) is 17.0 Å². The maximum atomic E-state index is 11.4. The van der Waals surface area contributed by atoms with Crippen LogP contribution in [0.5, 0.6) is 0 Å². The number of rotatable bonds is 6. The molecular weight excluding hydrogens is 208 g/mol. The molecule has 0 N–H and O–H groups in total. The van der Waals surface area contributed by atoms with Gasteiger partial charge < -0.3 is 9.26 Å². The molecule has 88 valence electrons. The zero-order valence-corrected chi connectivity index (χ0v) is 9.39. The van der Waals surface area contributed by atoms with Gasteiger partial charge in [-0.1, -0.05) is 5.16 Å². The lowest BCUT2D eigenvalue weighted by Gasteiger charge is -2.19. The summed E-state index contributed by atoms with van der Waals surface area (Å²) >= 11 is 0. The lowest BCUT2D eigenvalue weighted by molar-refractivity contribution is -0.144. The molecule has 0 atom stereocenters. The van der Waals surface area contributed by atoms with E-state index in [0.29, 0.717) is 25.7 Å². The number of nitrogens with zero attached hydrogens (tertiary/aromatic N) is 2. The van der Waals surface area contributed by atoms with Gasteiger partial charge in [0.1, 0.15) is 6.26 Å². The number of aromatic nitrogens is 1. The van der Waals surface area contributed by atoms with Gasteiger partial charge in [-0.15, -0.1) is 0 Å². The predicted molar refractivity (Wildman–Crippen MR) is 56.6 cm³/mol. The molecule has 0 amide bonds. The number of esters is 1. The molecule has 2 rings (SSSR count). The smallest absolute Gasteiger partial charge is 0.320 e. The third-order valence-corrected chi connectivity index (χ3v) is 2.57. The molecule has 0 bridgehead atoms. The van der Waals surface area contributed by atoms with E-state index in [4.69, 9.17) is 9.26 Å². The fourth-order valence-corrected chi connectivity index (χ4v) is 1.67. The molecule has 1 saturated carbocycles. The molecule has 1 aromatic rings. The van der Waals surface area contributed by atoms with E-state index >= 15 is 0 Å². The third-order valence-electron chi connectivity index (χ3n) is 2.57. The van der Waals surface area contributed by atoms with E-state index in [1.807, 2.05) is 6.92 Å². The summed E-state index contributed by atoms with van der Waals surface area (Å²) in [7, 11) is 0. The predicted octanol–water partition coefficient (Wildman–Crippen LogP) is 1.20. The zero-order chi connectivity index (χ0) is 11.4. The van der Waals surface area contributed by atoms with Crippen molar-refractivity contribution in [2.24, 2.45) is 0 Å². The zero-order valence-electron chi connectivity index (χ0n) is 9.39. The molecule has 1 aliphatic rings. The van der Waals surface area contributed by atoms with Gasteiger partial charge in [0.2, 0.25) is 0 Å². The van der Waals surface area contributed by atoms with Crippen LogP contribution in [0.1, 0.15) is 25.3 Å². The molecule has 1 aliphatic carbocycles. The standard InChI is InChI=1S/C11H16N2O3/c1-2-15-11(14)7-13(10-3-4-10)6-9-5-12-16-8-9/h5,8,10H,2-4,6-7H2,1H3. The maximum Gasteiger partial charge on any atom is 0.320 e. The molecule has 0 aliphatic heterocycles. The van der Waals surface area contributed by atoms with Gasteiger partial charge in [-0.25, -0.2) is 0 Å². The fourth-order valence-electron chi connectivity index (χ4n) is 1.67. The van der Waals surface area contributed by atoms with Crippen LogP contribution in [0.25, 0.3) is 0 Å². The van der Waals surface area contributed by atoms with Crippen molar-refractivity contribution in [1.29, 1.82) is 0 Å². The van der Waals surface area contributed by atoms with Gasteiger partial charge in [-0.05, 0) is 19.8 Å². The van der Waals surface area contributed by atoms with E-state index in [9.17, 15) is 4.79 Å². The van der Waals surface area contributed by atoms with Crippen molar-refractivity contribution in [3.63, 3.8) is 0 Å². The summed E-state index contributed by atoms with van der Waals surface area (Å²) in [5.41, 5.74) is 0.996. The minimum Gasteiger partial charge on any atom is -0.465 e. The largest absolute Gasteiger partial charge is 0.465 e. The summed E-state index contributed by atoms with van der Waals surface area (Å²) < 4.78 is 9.72. The molecule has 1 heterocycles. The average Bonchev–Trinajstić information content (AvgIpc) is 2.98. The Morgan fingerprint density at radius 3 is 3.06 bits per heavy atom. The molecule has 5 heteroatoms. The van der Waals surface area contributed by atoms with Crippen molar-refractivity contribution >= 4 is 5.97 Å². The number of carbonyl (C=O) groups is 1. The fraction of sp³-hybridized carbons (Fsp3) is 0.636. The summed E-state index contributed by atoms with van der Waals surface area (Å²) in [4.78, 5) is 13.5. The normalized spacial score (nSPS) is 15.4. The van der Waals surface area contributed by atoms with E-state index in [-0.39, 0.29) is 5.97 Å². The van der Waals surface area contributed by atoms with Crippen molar-refractivity contribution in [3.05, 3.63) is 18.0 Å². The van der Waals surface area contributed by atoms with Gasteiger partial charge in [0, 0.05) is 18.2 Å². The van der Waals surface area contributed by atoms with Crippen LogP contribution in [-0.2, 0) is 16.1 Å². The Bertz CT molecular complexity index is 333. The van der Waals surface area contributed by atoms with Crippen LogP contribution in [0.2, 0.25) is 0 Å². The molecule has 5 nitrogen and oxygen atoms in total. The quantitative estimate of drug-likeness (QED) is 0.680. The third kappa shape index (κ3) is 3.06. The van der Waals surface area contributed by atoms with Crippen molar-refractivity contribution in [1.82, 2.24) is 10.1 Å². The van der Waals surface area contributed by atoms with Gasteiger partial charge in [-0.2, -0.15) is 0 Å². The van der Waals surface area contributed by atoms with Crippen molar-refractivity contribution < 1.29 is 14.1 Å². The highest BCUT2D eigenvalue weighted by atomic mass is 16.5. The van der Waals surface area contributed by atoms with E-state index in [0.717, 1.165) is 18.4 Å². The van der Waals surface area contributed by atoms with Crippen molar-refractivity contribution in [2.75, 3.05) is 13.2 Å². The maximum absolute atomic E-state index is 11.4. The Hall–Kier alpha value is -1.36. The topological polar surface area (TPSA) is 55.6 Å². The molecule has 0 unspecified atom stereocenters. The second-order valence-electron chi connectivity index (χ2n) is 3.97. The summed E-state index contributed by atoms with van der Waals surface area (Å²) in [6, 6.07) is 0.513. The van der Waals surface area contributed by atoms with Crippen molar-refractivity contribution in [2.45, 2.75) is 32.4 Å². The second-order valence-corrected chi connectivity index (χ2v) is 3.97. The summed E-state index contributed by atoms with van der Waals surface area (Å²) in [5, 5.41) is 3.65. The number of carbonyl (C=O) groups excluding carboxylic acids is 1. The van der Waals surface area contributed by atoms with Crippen molar-refractivity contribution in [3.8, 4) is 0 Å². The van der Waals surface area contributed by atoms with Gasteiger partial charge in [0.25, 0.3) is 0 Å². The highest BCUT2D eigenvalue weighted by Gasteiger charge is 2.30. The summed E-state index contributed by atoms with van der Waals surface area (Å²) in [5.74, 6) is -0.161. The Labute approximate surface area is 94.3 Å². The van der Waals surface area contributed by atoms with Crippen LogP contribution in [-0.4, -0.2) is 35.2 Å². The molecular formula is C11H16N2O3. The van der Waals surface area contributed by atoms with Gasteiger partial charge >= 0.3 is 5.97 Å². The minimum atomic E-state index is -0.161. The first-order valence-electron chi connectivity index (χ1n) is 5.57. The SMILES string of the molecule is CCOC(=O)CN(Cc1cnoc1)C1CC1. The van der Waals surface area contributed by atoms with Crippen LogP contribution in [0, 0.1) is 0 Å². The van der Waals surface area contributed by atoms with Crippen LogP contribution in [0.4, 0.5) is 0 Å². The Morgan fingerprint density at radius 1 is 1.69 bits per heavy atom. The second kappa shape index (κ2) is 5.12. The van der Waals surface area contributed by atoms with Crippen LogP contribution < -0.4 is 0 Å². The lowest BCUT2D eigenvalue weighted by atomic mass is 10.3. The summed E-state index contributed by atoms with van der Waals surface area (Å²) in [6.07, 6.45) is 5.61. The first-order chi connectivity index (χ1) is 7.79. The average molecular weight is 224 g/mol. The molecule has 16 heavy (non-hydrogen) atoms. The van der Waals surface area contributed by atoms with E-state index in [1.165, 1.54) is 0 Å². The van der Waals surface area contributed by atoms with Gasteiger partial charge in [0.05, 0.1) is 19.3 Å². The number of hydrogen-bond donors (Lipinski definition) is 0. The molecule has 0 spiro atoms. The Kier molecular flexibility index (Phi) is 3.56. The molecule has 1 fully saturated rings. The van der Waals surface area contributed by atoms with Crippen LogP contribution in [0.3, 0.4) is 0 Å². The molecule has 0 radical (unpaired) electrons. The summed E-state index contributed by atoms with van der Waals surface area (Å²) in [6.45, 7) is 3.31. The molecule has 0 aromatic carbocycles. The number of hydrogen-bond acceptors (Lipinski definition) is 5. The minimum absolute atomic E-state index is 0.161. The van der Waals surface area contributed by atoms with E-state index < -0.39 is 0 Å². The van der Waals surface area contributed by atoms with E-state index in [2.05, 4.69) is 10.1 Å². The first-order valence-corrected chi connectivity index (χ1v) is 5.57. The van der Waals surface area contributed by atoms with E-state index in [1.54, 1.807) is 12.5 Å². The highest BCUT2D eigenvalue weighted by molar-refractivity contribution is 5.71. The highest BCUT2D eigenvalue weighted by Crippen LogP contribution is 2.28. The first kappa shape index (κ1) is 11.1. The van der Waals surface area contributed by atoms with Crippen LogP contribution >= 0.6 is 0 Å². The van der Waals surface area contributed by atoms with Gasteiger partial charge in [-0.3, -0.25) is 9.69 Å². The number of ether oxygens (including phenoxy) is 1. The molecule has 1 aromatic heterocycles. The van der Waals surface area contributed by atoms with Gasteiger partial charge in [0.15, 0.2) is 0 Å². The Balaban J connectivity index is 1.87. The monoisotopic (exact) mass is 224 g/mol. The molecule has 0 saturated heterocycles. The lowest BCUT2D eigenvalue weighted by Crippen LogP contribution is -2.32.